The van der Waals surface area contributed by atoms with Crippen LogP contribution in [0.2, 0.25) is 0 Å². The molecule has 35 heavy (non-hydrogen) atoms. The Bertz CT molecular complexity index is 1180. The highest BCUT2D eigenvalue weighted by atomic mass is 16.2. The third-order valence-corrected chi connectivity index (χ3v) is 7.79. The SMILES string of the molecule is CC1=CC(CN(C(=O)C2CNCCC2c2ccn(C)c(=O)c2)C2CC2)CC(Cc2ccccc2)=C1. The van der Waals surface area contributed by atoms with E-state index in [4.69, 9.17) is 0 Å². The fraction of sp³-hybridized carbons (Fsp3) is 0.467. The molecule has 3 unspecified atom stereocenters. The molecule has 1 aromatic carbocycles. The molecular weight excluding hydrogens is 434 g/mol. The van der Waals surface area contributed by atoms with Crippen molar-refractivity contribution in [2.45, 2.75) is 51.0 Å². The normalized spacial score (nSPS) is 24.5. The van der Waals surface area contributed by atoms with Crippen molar-refractivity contribution in [3.63, 3.8) is 0 Å². The standard InChI is InChI=1S/C30H37N3O2/c1-21-14-23(16-22-6-4-3-5-7-22)17-24(15-21)20-33(26-8-9-26)30(35)28-19-31-12-10-27(28)25-11-13-32(2)29(34)18-25/h3-7,11,13-15,18,24,26-28,31H,8-10,12,16-17,19-20H2,1-2H3. The van der Waals surface area contributed by atoms with Crippen molar-refractivity contribution >= 4 is 5.91 Å². The molecular formula is C30H37N3O2. The number of nitrogens with one attached hydrogen (secondary N) is 1. The van der Waals surface area contributed by atoms with Gasteiger partial charge in [-0.2, -0.15) is 0 Å². The quantitative estimate of drug-likeness (QED) is 0.658. The molecule has 1 saturated heterocycles. The predicted molar refractivity (Wildman–Crippen MR) is 140 cm³/mol. The molecule has 3 atom stereocenters. The first-order valence-electron chi connectivity index (χ1n) is 13.1. The number of amides is 1. The van der Waals surface area contributed by atoms with Gasteiger partial charge in [0.15, 0.2) is 0 Å². The Kier molecular flexibility index (Phi) is 7.05. The maximum atomic E-state index is 14.0. The largest absolute Gasteiger partial charge is 0.339 e. The van der Waals surface area contributed by atoms with Crippen LogP contribution in [0.1, 0.15) is 49.7 Å². The Morgan fingerprint density at radius 2 is 1.94 bits per heavy atom. The first kappa shape index (κ1) is 23.8. The second-order valence-electron chi connectivity index (χ2n) is 10.7. The zero-order chi connectivity index (χ0) is 24.4. The van der Waals surface area contributed by atoms with Gasteiger partial charge in [0.25, 0.3) is 5.56 Å². The first-order chi connectivity index (χ1) is 17.0. The Labute approximate surface area is 208 Å². The predicted octanol–water partition coefficient (Wildman–Crippen LogP) is 4.20. The highest BCUT2D eigenvalue weighted by Crippen LogP contribution is 2.36. The van der Waals surface area contributed by atoms with Crippen LogP contribution in [0.5, 0.6) is 0 Å². The molecule has 184 valence electrons. The lowest BCUT2D eigenvalue weighted by Gasteiger charge is -2.37. The summed E-state index contributed by atoms with van der Waals surface area (Å²) in [6, 6.07) is 14.8. The van der Waals surface area contributed by atoms with Crippen molar-refractivity contribution in [1.29, 1.82) is 0 Å². The maximum Gasteiger partial charge on any atom is 0.250 e. The summed E-state index contributed by atoms with van der Waals surface area (Å²) < 4.78 is 1.59. The van der Waals surface area contributed by atoms with Crippen LogP contribution in [0, 0.1) is 11.8 Å². The summed E-state index contributed by atoms with van der Waals surface area (Å²) in [5.41, 5.74) is 5.08. The molecule has 0 spiro atoms. The van der Waals surface area contributed by atoms with Crippen LogP contribution in [0.15, 0.2) is 76.8 Å². The summed E-state index contributed by atoms with van der Waals surface area (Å²) in [5, 5.41) is 3.45. The summed E-state index contributed by atoms with van der Waals surface area (Å²) in [7, 11) is 1.77. The second kappa shape index (κ2) is 10.4. The lowest BCUT2D eigenvalue weighted by molar-refractivity contribution is -0.137. The van der Waals surface area contributed by atoms with Gasteiger partial charge < -0.3 is 14.8 Å². The first-order valence-corrected chi connectivity index (χ1v) is 13.1. The number of allylic oxidation sites excluding steroid dienone is 3. The molecule has 2 aromatic rings. The monoisotopic (exact) mass is 471 g/mol. The third kappa shape index (κ3) is 5.67. The van der Waals surface area contributed by atoms with Crippen LogP contribution in [0.4, 0.5) is 0 Å². The zero-order valence-electron chi connectivity index (χ0n) is 21.0. The minimum absolute atomic E-state index is 0.00756. The summed E-state index contributed by atoms with van der Waals surface area (Å²) in [5.74, 6) is 0.582. The van der Waals surface area contributed by atoms with E-state index in [1.807, 2.05) is 12.3 Å². The van der Waals surface area contributed by atoms with Crippen molar-refractivity contribution in [3.8, 4) is 0 Å². The molecule has 0 radical (unpaired) electrons. The molecule has 2 heterocycles. The summed E-state index contributed by atoms with van der Waals surface area (Å²) in [4.78, 5) is 28.5. The molecule has 1 amide bonds. The summed E-state index contributed by atoms with van der Waals surface area (Å²) in [6.07, 6.45) is 11.6. The fourth-order valence-electron chi connectivity index (χ4n) is 5.88. The van der Waals surface area contributed by atoms with Crippen LogP contribution in [-0.4, -0.2) is 41.1 Å². The van der Waals surface area contributed by atoms with E-state index in [1.165, 1.54) is 16.7 Å². The van der Waals surface area contributed by atoms with E-state index in [2.05, 4.69) is 59.6 Å². The zero-order valence-corrected chi connectivity index (χ0v) is 21.0. The lowest BCUT2D eigenvalue weighted by Crippen LogP contribution is -2.48. The van der Waals surface area contributed by atoms with Gasteiger partial charge in [-0.25, -0.2) is 0 Å². The van der Waals surface area contributed by atoms with Gasteiger partial charge in [0, 0.05) is 38.4 Å². The molecule has 5 nitrogen and oxygen atoms in total. The highest BCUT2D eigenvalue weighted by molar-refractivity contribution is 5.81. The number of hydrogen-bond acceptors (Lipinski definition) is 3. The van der Waals surface area contributed by atoms with E-state index < -0.39 is 0 Å². The molecule has 2 aliphatic carbocycles. The van der Waals surface area contributed by atoms with Gasteiger partial charge in [-0.05, 0) is 74.6 Å². The molecule has 5 heteroatoms. The van der Waals surface area contributed by atoms with Crippen LogP contribution >= 0.6 is 0 Å². The lowest BCUT2D eigenvalue weighted by atomic mass is 9.80. The van der Waals surface area contributed by atoms with Crippen LogP contribution in [-0.2, 0) is 18.3 Å². The Morgan fingerprint density at radius 1 is 1.14 bits per heavy atom. The van der Waals surface area contributed by atoms with Gasteiger partial charge in [0.05, 0.1) is 5.92 Å². The van der Waals surface area contributed by atoms with Crippen molar-refractivity contribution in [2.75, 3.05) is 19.6 Å². The smallest absolute Gasteiger partial charge is 0.250 e. The molecule has 1 N–H and O–H groups in total. The maximum absolute atomic E-state index is 14.0. The topological polar surface area (TPSA) is 54.3 Å². The number of aromatic nitrogens is 1. The molecule has 3 aliphatic rings. The number of pyridine rings is 1. The van der Waals surface area contributed by atoms with E-state index in [9.17, 15) is 9.59 Å². The number of carbonyl (C=O) groups is 1. The van der Waals surface area contributed by atoms with Crippen molar-refractivity contribution < 1.29 is 4.79 Å². The molecule has 1 aliphatic heterocycles. The van der Waals surface area contributed by atoms with Crippen LogP contribution in [0.3, 0.4) is 0 Å². The van der Waals surface area contributed by atoms with Crippen molar-refractivity contribution in [2.24, 2.45) is 18.9 Å². The van der Waals surface area contributed by atoms with E-state index in [0.29, 0.717) is 18.5 Å². The van der Waals surface area contributed by atoms with Crippen molar-refractivity contribution in [3.05, 3.63) is 93.4 Å². The van der Waals surface area contributed by atoms with Crippen LogP contribution in [0.25, 0.3) is 0 Å². The van der Waals surface area contributed by atoms with Crippen molar-refractivity contribution in [1.82, 2.24) is 14.8 Å². The van der Waals surface area contributed by atoms with Gasteiger partial charge in [-0.15, -0.1) is 0 Å². The number of hydrogen-bond donors (Lipinski definition) is 1. The number of aryl methyl sites for hydroxylation is 1. The van der Waals surface area contributed by atoms with Gasteiger partial charge in [0.1, 0.15) is 0 Å². The number of nitrogens with zero attached hydrogens (tertiary/aromatic N) is 2. The number of piperidine rings is 1. The van der Waals surface area contributed by atoms with E-state index >= 15 is 0 Å². The minimum Gasteiger partial charge on any atom is -0.339 e. The Balaban J connectivity index is 1.32. The molecule has 1 saturated carbocycles. The molecule has 1 aromatic heterocycles. The van der Waals surface area contributed by atoms with Gasteiger partial charge in [0.2, 0.25) is 5.91 Å². The molecule has 5 rings (SSSR count). The second-order valence-corrected chi connectivity index (χ2v) is 10.7. The number of benzene rings is 1. The van der Waals surface area contributed by atoms with Gasteiger partial charge in [-0.3, -0.25) is 9.59 Å². The average Bonchev–Trinajstić information content (AvgIpc) is 3.70. The Hall–Kier alpha value is -2.92. The average molecular weight is 472 g/mol. The highest BCUT2D eigenvalue weighted by Gasteiger charge is 2.41. The summed E-state index contributed by atoms with van der Waals surface area (Å²) in [6.45, 7) is 4.52. The van der Waals surface area contributed by atoms with Gasteiger partial charge in [-0.1, -0.05) is 53.6 Å². The Morgan fingerprint density at radius 3 is 2.69 bits per heavy atom. The summed E-state index contributed by atoms with van der Waals surface area (Å²) >= 11 is 0. The van der Waals surface area contributed by atoms with E-state index in [0.717, 1.165) is 50.8 Å². The number of rotatable bonds is 7. The van der Waals surface area contributed by atoms with E-state index in [-0.39, 0.29) is 23.3 Å². The fourth-order valence-corrected chi connectivity index (χ4v) is 5.88. The number of carbonyl (C=O) groups excluding carboxylic acids is 1. The van der Waals surface area contributed by atoms with E-state index in [1.54, 1.807) is 17.7 Å². The van der Waals surface area contributed by atoms with Crippen LogP contribution < -0.4 is 10.9 Å². The van der Waals surface area contributed by atoms with Gasteiger partial charge >= 0.3 is 0 Å². The molecule has 2 fully saturated rings. The molecule has 0 bridgehead atoms. The minimum atomic E-state index is -0.121. The third-order valence-electron chi connectivity index (χ3n) is 7.79.